The number of nitrogens with zero attached hydrogens (tertiary/aromatic N) is 1. The van der Waals surface area contributed by atoms with E-state index >= 15 is 0 Å². The first-order valence-corrected chi connectivity index (χ1v) is 7.44. The van der Waals surface area contributed by atoms with Crippen LogP contribution in [0.5, 0.6) is 0 Å². The molecule has 6 nitrogen and oxygen atoms in total. The molecule has 1 aliphatic carbocycles. The standard InChI is InChI=1S/C14H26N2O4/c1-10-9-20-13-7-11(14(17)15-18)3-4-12(13)8-16(10)5-6-19-2/h10-13,18H,3-9H2,1-2H3,(H,15,17)/t10-,11?,12?,13?/m0/s1. The Bertz CT molecular complexity index is 326. The van der Waals surface area contributed by atoms with Gasteiger partial charge in [0.15, 0.2) is 0 Å². The summed E-state index contributed by atoms with van der Waals surface area (Å²) in [7, 11) is 1.72. The van der Waals surface area contributed by atoms with E-state index in [-0.39, 0.29) is 17.9 Å². The van der Waals surface area contributed by atoms with Gasteiger partial charge in [0.05, 0.1) is 19.3 Å². The van der Waals surface area contributed by atoms with Crippen LogP contribution in [0.15, 0.2) is 0 Å². The van der Waals surface area contributed by atoms with E-state index in [2.05, 4.69) is 11.8 Å². The Morgan fingerprint density at radius 2 is 2.30 bits per heavy atom. The number of ether oxygens (including phenoxy) is 2. The van der Waals surface area contributed by atoms with Crippen LogP contribution in [0.25, 0.3) is 0 Å². The summed E-state index contributed by atoms with van der Waals surface area (Å²) >= 11 is 0. The van der Waals surface area contributed by atoms with Crippen molar-refractivity contribution in [3.63, 3.8) is 0 Å². The first kappa shape index (κ1) is 15.7. The molecule has 3 unspecified atom stereocenters. The molecule has 1 heterocycles. The lowest BCUT2D eigenvalue weighted by Gasteiger charge is -2.35. The Kier molecular flexibility index (Phi) is 5.77. The van der Waals surface area contributed by atoms with E-state index in [1.807, 2.05) is 0 Å². The highest BCUT2D eigenvalue weighted by molar-refractivity contribution is 5.77. The molecule has 1 saturated carbocycles. The summed E-state index contributed by atoms with van der Waals surface area (Å²) < 4.78 is 11.2. The van der Waals surface area contributed by atoms with E-state index in [0.717, 1.165) is 32.5 Å². The van der Waals surface area contributed by atoms with Gasteiger partial charge in [-0.05, 0) is 32.1 Å². The Morgan fingerprint density at radius 3 is 3.00 bits per heavy atom. The largest absolute Gasteiger partial charge is 0.383 e. The number of rotatable bonds is 4. The molecule has 1 aliphatic heterocycles. The number of hydrogen-bond acceptors (Lipinski definition) is 5. The summed E-state index contributed by atoms with van der Waals surface area (Å²) in [5.74, 6) is 0.0715. The summed E-state index contributed by atoms with van der Waals surface area (Å²) in [6.45, 7) is 5.52. The van der Waals surface area contributed by atoms with E-state index in [9.17, 15) is 4.79 Å². The Labute approximate surface area is 120 Å². The molecule has 6 heteroatoms. The van der Waals surface area contributed by atoms with Gasteiger partial charge in [-0.25, -0.2) is 5.48 Å². The zero-order valence-corrected chi connectivity index (χ0v) is 12.4. The van der Waals surface area contributed by atoms with Crippen LogP contribution in [-0.4, -0.2) is 61.6 Å². The Hall–Kier alpha value is -0.690. The van der Waals surface area contributed by atoms with Crippen molar-refractivity contribution in [1.29, 1.82) is 0 Å². The Balaban J connectivity index is 1.94. The summed E-state index contributed by atoms with van der Waals surface area (Å²) in [4.78, 5) is 14.0. The van der Waals surface area contributed by atoms with Crippen LogP contribution in [-0.2, 0) is 14.3 Å². The van der Waals surface area contributed by atoms with Crippen LogP contribution in [0, 0.1) is 11.8 Å². The maximum absolute atomic E-state index is 11.6. The van der Waals surface area contributed by atoms with Crippen LogP contribution in [0.1, 0.15) is 26.2 Å². The lowest BCUT2D eigenvalue weighted by molar-refractivity contribution is -0.137. The maximum Gasteiger partial charge on any atom is 0.246 e. The number of hydrogen-bond donors (Lipinski definition) is 2. The third kappa shape index (κ3) is 3.69. The van der Waals surface area contributed by atoms with Gasteiger partial charge in [0, 0.05) is 32.2 Å². The highest BCUT2D eigenvalue weighted by Crippen LogP contribution is 2.34. The predicted molar refractivity (Wildman–Crippen MR) is 73.4 cm³/mol. The summed E-state index contributed by atoms with van der Waals surface area (Å²) in [6, 6.07) is 0.376. The third-order valence-electron chi connectivity index (χ3n) is 4.64. The van der Waals surface area contributed by atoms with E-state index in [1.165, 1.54) is 0 Å². The van der Waals surface area contributed by atoms with Crippen molar-refractivity contribution in [2.24, 2.45) is 11.8 Å². The highest BCUT2D eigenvalue weighted by Gasteiger charge is 2.38. The molecule has 116 valence electrons. The van der Waals surface area contributed by atoms with Gasteiger partial charge < -0.3 is 9.47 Å². The quantitative estimate of drug-likeness (QED) is 0.586. The van der Waals surface area contributed by atoms with Crippen molar-refractivity contribution in [2.45, 2.75) is 38.3 Å². The minimum atomic E-state index is -0.277. The molecule has 0 aromatic rings. The van der Waals surface area contributed by atoms with E-state index in [1.54, 1.807) is 12.6 Å². The molecule has 0 radical (unpaired) electrons. The number of carbonyl (C=O) groups is 1. The van der Waals surface area contributed by atoms with Gasteiger partial charge in [-0.1, -0.05) is 0 Å². The molecule has 1 amide bonds. The second-order valence-corrected chi connectivity index (χ2v) is 5.95. The molecule has 0 aromatic carbocycles. The second kappa shape index (κ2) is 7.36. The fourth-order valence-corrected chi connectivity index (χ4v) is 3.30. The molecule has 20 heavy (non-hydrogen) atoms. The molecule has 2 aliphatic rings. The van der Waals surface area contributed by atoms with Crippen LogP contribution in [0.4, 0.5) is 0 Å². The number of amides is 1. The van der Waals surface area contributed by atoms with Crippen molar-refractivity contribution in [3.05, 3.63) is 0 Å². The monoisotopic (exact) mass is 286 g/mol. The number of methoxy groups -OCH3 is 1. The molecule has 2 rings (SSSR count). The molecule has 0 spiro atoms. The fraction of sp³-hybridized carbons (Fsp3) is 0.929. The molecule has 2 fully saturated rings. The van der Waals surface area contributed by atoms with Gasteiger partial charge in [-0.3, -0.25) is 14.9 Å². The van der Waals surface area contributed by atoms with Crippen molar-refractivity contribution in [1.82, 2.24) is 10.4 Å². The minimum absolute atomic E-state index is 0.123. The minimum Gasteiger partial charge on any atom is -0.383 e. The first-order valence-electron chi connectivity index (χ1n) is 7.44. The second-order valence-electron chi connectivity index (χ2n) is 5.95. The SMILES string of the molecule is COCCN1CC2CCC(C(=O)NO)CC2OC[C@@H]1C. The maximum atomic E-state index is 11.6. The average molecular weight is 286 g/mol. The number of nitrogens with one attached hydrogen (secondary N) is 1. The van der Waals surface area contributed by atoms with Crippen LogP contribution < -0.4 is 5.48 Å². The van der Waals surface area contributed by atoms with Crippen LogP contribution in [0.2, 0.25) is 0 Å². The van der Waals surface area contributed by atoms with Gasteiger partial charge in [0.1, 0.15) is 0 Å². The van der Waals surface area contributed by atoms with Crippen molar-refractivity contribution < 1.29 is 19.5 Å². The summed E-state index contributed by atoms with van der Waals surface area (Å²) in [6.07, 6.45) is 2.63. The molecule has 0 aromatic heterocycles. The van der Waals surface area contributed by atoms with E-state index < -0.39 is 0 Å². The van der Waals surface area contributed by atoms with Gasteiger partial charge >= 0.3 is 0 Å². The van der Waals surface area contributed by atoms with Gasteiger partial charge in [-0.15, -0.1) is 0 Å². The zero-order chi connectivity index (χ0) is 14.5. The van der Waals surface area contributed by atoms with Crippen molar-refractivity contribution >= 4 is 5.91 Å². The number of fused-ring (bicyclic) bond motifs is 1. The topological polar surface area (TPSA) is 71.0 Å². The van der Waals surface area contributed by atoms with Crippen LogP contribution >= 0.6 is 0 Å². The lowest BCUT2D eigenvalue weighted by atomic mass is 9.79. The molecular formula is C14H26N2O4. The van der Waals surface area contributed by atoms with Crippen LogP contribution in [0.3, 0.4) is 0 Å². The average Bonchev–Trinajstić information content (AvgIpc) is 2.63. The molecule has 1 saturated heterocycles. The lowest BCUT2D eigenvalue weighted by Crippen LogP contribution is -2.42. The Morgan fingerprint density at radius 1 is 1.50 bits per heavy atom. The van der Waals surface area contributed by atoms with Crippen molar-refractivity contribution in [3.8, 4) is 0 Å². The third-order valence-corrected chi connectivity index (χ3v) is 4.64. The van der Waals surface area contributed by atoms with Crippen molar-refractivity contribution in [2.75, 3.05) is 33.4 Å². The molecule has 0 bridgehead atoms. The summed E-state index contributed by atoms with van der Waals surface area (Å²) in [5.41, 5.74) is 1.77. The molecule has 4 atom stereocenters. The predicted octanol–water partition coefficient (Wildman–Crippen LogP) is 0.644. The highest BCUT2D eigenvalue weighted by atomic mass is 16.5. The normalized spacial score (nSPS) is 35.1. The number of carbonyl (C=O) groups excluding carboxylic acids is 1. The number of hydroxylamine groups is 1. The van der Waals surface area contributed by atoms with E-state index in [0.29, 0.717) is 25.0 Å². The van der Waals surface area contributed by atoms with Gasteiger partial charge in [0.2, 0.25) is 5.91 Å². The smallest absolute Gasteiger partial charge is 0.246 e. The summed E-state index contributed by atoms with van der Waals surface area (Å²) in [5, 5.41) is 8.76. The van der Waals surface area contributed by atoms with Gasteiger partial charge in [-0.2, -0.15) is 0 Å². The molecular weight excluding hydrogens is 260 g/mol. The van der Waals surface area contributed by atoms with E-state index in [4.69, 9.17) is 14.7 Å². The fourth-order valence-electron chi connectivity index (χ4n) is 3.30. The van der Waals surface area contributed by atoms with Gasteiger partial charge in [0.25, 0.3) is 0 Å². The zero-order valence-electron chi connectivity index (χ0n) is 12.4. The molecule has 2 N–H and O–H groups in total. The first-order chi connectivity index (χ1) is 9.65.